The lowest BCUT2D eigenvalue weighted by Gasteiger charge is -2.19. The van der Waals surface area contributed by atoms with Gasteiger partial charge in [-0.2, -0.15) is 8.42 Å². The lowest BCUT2D eigenvalue weighted by Crippen LogP contribution is -2.17. The van der Waals surface area contributed by atoms with Crippen LogP contribution in [0.5, 0.6) is 0 Å². The van der Waals surface area contributed by atoms with E-state index in [1.54, 1.807) is 30.6 Å². The van der Waals surface area contributed by atoms with Gasteiger partial charge in [0.2, 0.25) is 0 Å². The smallest absolute Gasteiger partial charge is 0.283 e. The Morgan fingerprint density at radius 2 is 1.89 bits per heavy atom. The van der Waals surface area contributed by atoms with E-state index in [9.17, 15) is 8.42 Å². The standard InChI is InChI=1S/C18H15N5O2S2/c19-16(23-27(24,25)13-4-2-1-3-5-13)11-12-6-7-15-14(10-12)22-17-18(26-15)21-9-8-20-17/h1-10H,11H2,(H2,19,23)(H,20,22). The molecule has 0 fully saturated rings. The Hall–Kier alpha value is -2.91. The van der Waals surface area contributed by atoms with E-state index in [1.807, 2.05) is 18.2 Å². The van der Waals surface area contributed by atoms with Crippen molar-refractivity contribution in [3.05, 3.63) is 66.5 Å². The third-order valence-electron chi connectivity index (χ3n) is 3.83. The molecule has 3 N–H and O–H groups in total. The number of sulfonamides is 1. The highest BCUT2D eigenvalue weighted by molar-refractivity contribution is 7.99. The second-order valence-electron chi connectivity index (χ2n) is 5.82. The molecule has 0 amide bonds. The molecule has 0 unspecified atom stereocenters. The van der Waals surface area contributed by atoms with Crippen molar-refractivity contribution < 1.29 is 8.42 Å². The van der Waals surface area contributed by atoms with Crippen LogP contribution in [0, 0.1) is 0 Å². The first-order chi connectivity index (χ1) is 13.0. The van der Waals surface area contributed by atoms with E-state index >= 15 is 0 Å². The van der Waals surface area contributed by atoms with Crippen LogP contribution in [0.3, 0.4) is 0 Å². The van der Waals surface area contributed by atoms with Gasteiger partial charge < -0.3 is 11.1 Å². The van der Waals surface area contributed by atoms with Crippen LogP contribution in [-0.4, -0.2) is 24.2 Å². The second kappa shape index (κ2) is 7.01. The van der Waals surface area contributed by atoms with Gasteiger partial charge in [-0.3, -0.25) is 0 Å². The van der Waals surface area contributed by atoms with Gasteiger partial charge in [0.1, 0.15) is 10.9 Å². The highest BCUT2D eigenvalue weighted by Crippen LogP contribution is 2.42. The fourth-order valence-electron chi connectivity index (χ4n) is 2.63. The van der Waals surface area contributed by atoms with E-state index in [1.165, 1.54) is 23.9 Å². The Morgan fingerprint density at radius 1 is 1.11 bits per heavy atom. The van der Waals surface area contributed by atoms with Crippen molar-refractivity contribution >= 4 is 39.1 Å². The quantitative estimate of drug-likeness (QED) is 0.402. The number of nitrogens with two attached hydrogens (primary N) is 1. The van der Waals surface area contributed by atoms with Crippen LogP contribution in [0.2, 0.25) is 0 Å². The summed E-state index contributed by atoms with van der Waals surface area (Å²) in [6, 6.07) is 13.8. The van der Waals surface area contributed by atoms with Crippen molar-refractivity contribution in [3.8, 4) is 0 Å². The minimum atomic E-state index is -3.81. The summed E-state index contributed by atoms with van der Waals surface area (Å²) < 4.78 is 28.3. The zero-order valence-corrected chi connectivity index (χ0v) is 15.7. The largest absolute Gasteiger partial charge is 0.386 e. The number of hydrogen-bond donors (Lipinski definition) is 2. The first-order valence-corrected chi connectivity index (χ1v) is 10.3. The molecule has 7 nitrogen and oxygen atoms in total. The maximum Gasteiger partial charge on any atom is 0.283 e. The Morgan fingerprint density at radius 3 is 2.70 bits per heavy atom. The van der Waals surface area contributed by atoms with Crippen LogP contribution in [0.15, 0.2) is 80.1 Å². The molecular weight excluding hydrogens is 382 g/mol. The Bertz CT molecular complexity index is 1130. The van der Waals surface area contributed by atoms with Crippen LogP contribution < -0.4 is 11.1 Å². The molecule has 9 heteroatoms. The Balaban J connectivity index is 1.56. The number of anilines is 2. The van der Waals surface area contributed by atoms with Gasteiger partial charge in [0, 0.05) is 23.7 Å². The predicted octanol–water partition coefficient (Wildman–Crippen LogP) is 2.97. The van der Waals surface area contributed by atoms with Crippen molar-refractivity contribution in [2.24, 2.45) is 10.1 Å². The van der Waals surface area contributed by atoms with E-state index in [4.69, 9.17) is 5.73 Å². The van der Waals surface area contributed by atoms with Gasteiger partial charge in [-0.05, 0) is 29.8 Å². The van der Waals surface area contributed by atoms with Crippen molar-refractivity contribution in [2.45, 2.75) is 21.2 Å². The molecule has 1 aliphatic rings. The molecule has 3 aromatic rings. The normalized spacial score (nSPS) is 13.4. The summed E-state index contributed by atoms with van der Waals surface area (Å²) in [5.74, 6) is 0.725. The van der Waals surface area contributed by atoms with Crippen LogP contribution >= 0.6 is 11.8 Å². The summed E-state index contributed by atoms with van der Waals surface area (Å²) in [5.41, 5.74) is 7.63. The molecule has 2 heterocycles. The Labute approximate surface area is 160 Å². The number of nitrogens with one attached hydrogen (secondary N) is 1. The minimum absolute atomic E-state index is 0.0301. The molecule has 1 aromatic heterocycles. The molecular formula is C18H15N5O2S2. The number of amidine groups is 1. The summed E-state index contributed by atoms with van der Waals surface area (Å²) in [4.78, 5) is 9.69. The molecule has 136 valence electrons. The van der Waals surface area contributed by atoms with Crippen LogP contribution in [0.25, 0.3) is 0 Å². The van der Waals surface area contributed by atoms with Crippen molar-refractivity contribution in [1.29, 1.82) is 0 Å². The molecule has 0 spiro atoms. The molecule has 0 saturated carbocycles. The van der Waals surface area contributed by atoms with Gasteiger partial charge in [-0.15, -0.1) is 4.40 Å². The predicted molar refractivity (Wildman–Crippen MR) is 105 cm³/mol. The van der Waals surface area contributed by atoms with E-state index in [0.717, 1.165) is 21.2 Å². The number of benzene rings is 2. The van der Waals surface area contributed by atoms with Gasteiger partial charge >= 0.3 is 0 Å². The second-order valence-corrected chi connectivity index (χ2v) is 8.45. The summed E-state index contributed by atoms with van der Waals surface area (Å²) in [7, 11) is -3.81. The first kappa shape index (κ1) is 17.5. The van der Waals surface area contributed by atoms with E-state index in [2.05, 4.69) is 19.7 Å². The molecule has 1 aliphatic heterocycles. The van der Waals surface area contributed by atoms with Gasteiger partial charge in [0.25, 0.3) is 10.0 Å². The van der Waals surface area contributed by atoms with Gasteiger partial charge in [-0.1, -0.05) is 36.0 Å². The van der Waals surface area contributed by atoms with Crippen molar-refractivity contribution in [3.63, 3.8) is 0 Å². The average Bonchev–Trinajstić information content (AvgIpc) is 2.66. The number of hydrogen-bond acceptors (Lipinski definition) is 6. The molecule has 0 radical (unpaired) electrons. The monoisotopic (exact) mass is 397 g/mol. The molecule has 2 aromatic carbocycles. The van der Waals surface area contributed by atoms with Crippen molar-refractivity contribution in [1.82, 2.24) is 9.97 Å². The molecule has 0 saturated heterocycles. The van der Waals surface area contributed by atoms with Gasteiger partial charge in [-0.25, -0.2) is 9.97 Å². The lowest BCUT2D eigenvalue weighted by atomic mass is 10.1. The third kappa shape index (κ3) is 3.79. The summed E-state index contributed by atoms with van der Waals surface area (Å²) in [6.45, 7) is 0. The zero-order valence-electron chi connectivity index (χ0n) is 14.0. The van der Waals surface area contributed by atoms with Gasteiger partial charge in [0.15, 0.2) is 5.82 Å². The number of fused-ring (bicyclic) bond motifs is 2. The SMILES string of the molecule is N/C(Cc1ccc2c(c1)Nc1nccnc1S2)=N\S(=O)(=O)c1ccccc1. The van der Waals surface area contributed by atoms with Crippen LogP contribution in [0.1, 0.15) is 5.56 Å². The van der Waals surface area contributed by atoms with E-state index < -0.39 is 10.0 Å². The molecule has 4 rings (SSSR count). The fourth-order valence-corrected chi connectivity index (χ4v) is 4.49. The van der Waals surface area contributed by atoms with Crippen LogP contribution in [0.4, 0.5) is 11.5 Å². The molecule has 0 bridgehead atoms. The number of nitrogens with zero attached hydrogens (tertiary/aromatic N) is 3. The van der Waals surface area contributed by atoms with Crippen LogP contribution in [-0.2, 0) is 16.4 Å². The third-order valence-corrected chi connectivity index (χ3v) is 6.24. The van der Waals surface area contributed by atoms with E-state index in [-0.39, 0.29) is 17.2 Å². The fraction of sp³-hybridized carbons (Fsp3) is 0.0556. The lowest BCUT2D eigenvalue weighted by molar-refractivity contribution is 0.598. The molecule has 0 aliphatic carbocycles. The number of rotatable bonds is 4. The summed E-state index contributed by atoms with van der Waals surface area (Å²) >= 11 is 1.52. The van der Waals surface area contributed by atoms with Crippen molar-refractivity contribution in [2.75, 3.05) is 5.32 Å². The summed E-state index contributed by atoms with van der Waals surface area (Å²) in [6.07, 6.45) is 3.50. The minimum Gasteiger partial charge on any atom is -0.386 e. The van der Waals surface area contributed by atoms with Gasteiger partial charge in [0.05, 0.1) is 10.6 Å². The Kier molecular flexibility index (Phi) is 4.54. The maximum atomic E-state index is 12.3. The summed E-state index contributed by atoms with van der Waals surface area (Å²) in [5, 5.41) is 4.05. The molecule has 0 atom stereocenters. The van der Waals surface area contributed by atoms with E-state index in [0.29, 0.717) is 5.82 Å². The topological polar surface area (TPSA) is 110 Å². The maximum absolute atomic E-state index is 12.3. The molecule has 27 heavy (non-hydrogen) atoms. The average molecular weight is 397 g/mol. The zero-order chi connectivity index (χ0) is 18.9. The first-order valence-electron chi connectivity index (χ1n) is 8.04. The highest BCUT2D eigenvalue weighted by atomic mass is 32.2. The highest BCUT2D eigenvalue weighted by Gasteiger charge is 2.18. The number of aromatic nitrogens is 2.